The van der Waals surface area contributed by atoms with Crippen molar-refractivity contribution in [2.24, 2.45) is 10.9 Å². The zero-order valence-electron chi connectivity index (χ0n) is 16.7. The van der Waals surface area contributed by atoms with Gasteiger partial charge in [0.1, 0.15) is 17.5 Å². The fraction of sp³-hybridized carbons (Fsp3) is 0.318. The maximum atomic E-state index is 14.4. The zero-order chi connectivity index (χ0) is 20.8. The molecule has 0 amide bonds. The van der Waals surface area contributed by atoms with E-state index >= 15 is 0 Å². The van der Waals surface area contributed by atoms with E-state index in [-0.39, 0.29) is 11.4 Å². The predicted molar refractivity (Wildman–Crippen MR) is 111 cm³/mol. The Labute approximate surface area is 173 Å². The van der Waals surface area contributed by atoms with Crippen molar-refractivity contribution in [2.75, 3.05) is 23.3 Å². The second-order valence-electron chi connectivity index (χ2n) is 7.85. The van der Waals surface area contributed by atoms with Crippen LogP contribution in [0.4, 0.5) is 26.0 Å². The molecule has 2 aromatic heterocycles. The van der Waals surface area contributed by atoms with E-state index in [9.17, 15) is 8.78 Å². The molecule has 1 saturated heterocycles. The molecule has 0 unspecified atom stereocenters. The van der Waals surface area contributed by atoms with Crippen LogP contribution in [0, 0.1) is 36.6 Å². The molecule has 4 heterocycles. The molecule has 0 spiro atoms. The van der Waals surface area contributed by atoms with E-state index in [1.165, 1.54) is 6.42 Å². The van der Waals surface area contributed by atoms with Gasteiger partial charge in [-0.15, -0.1) is 0 Å². The van der Waals surface area contributed by atoms with Crippen LogP contribution in [0.15, 0.2) is 23.3 Å². The maximum absolute atomic E-state index is 14.4. The van der Waals surface area contributed by atoms with Crippen molar-refractivity contribution < 1.29 is 8.78 Å². The standard InChI is InChI=1S/C22H20F2N6/c1-12-5-4-8-30(11-12)18-9-14-20(13(2)26-18)28-22(27-17-10-25-29-21(14)17)19-15(23)6-3-7-16(19)24/h6,9-10,12H,4-5,8,11H2,1-2H3,(H,25,29)(H,27,28)/t12-/m1/s1. The number of hydrogen-bond acceptors (Lipinski definition) is 5. The number of fused-ring (bicyclic) bond motifs is 3. The first-order valence-corrected chi connectivity index (χ1v) is 9.95. The van der Waals surface area contributed by atoms with Gasteiger partial charge < -0.3 is 10.2 Å². The minimum atomic E-state index is -0.862. The fourth-order valence-corrected chi connectivity index (χ4v) is 4.13. The molecule has 2 aliphatic rings. The van der Waals surface area contributed by atoms with E-state index in [4.69, 9.17) is 4.98 Å². The molecule has 3 aromatic rings. The van der Waals surface area contributed by atoms with Crippen molar-refractivity contribution in [3.05, 3.63) is 53.4 Å². The molecule has 0 saturated carbocycles. The third-order valence-corrected chi connectivity index (χ3v) is 5.60. The first-order valence-electron chi connectivity index (χ1n) is 9.95. The molecule has 6 nitrogen and oxygen atoms in total. The van der Waals surface area contributed by atoms with Crippen molar-refractivity contribution in [2.45, 2.75) is 26.7 Å². The SMILES string of the molecule is Cc1nc(N2CCC[C@@H](C)C2)cc2c1N=C(c1c(F)c#ccc1F)Nc1cn[nH]c1-2. The summed E-state index contributed by atoms with van der Waals surface area (Å²) in [5, 5.41) is 10.1. The van der Waals surface area contributed by atoms with Crippen LogP contribution in [-0.2, 0) is 0 Å². The van der Waals surface area contributed by atoms with E-state index in [1.54, 1.807) is 6.20 Å². The number of aromatic amines is 1. The number of rotatable bonds is 2. The molecule has 8 heteroatoms. The van der Waals surface area contributed by atoms with E-state index in [2.05, 4.69) is 44.5 Å². The lowest BCUT2D eigenvalue weighted by molar-refractivity contribution is 0.444. The summed E-state index contributed by atoms with van der Waals surface area (Å²) in [6, 6.07) is 7.61. The third kappa shape index (κ3) is 3.07. The largest absolute Gasteiger partial charge is 0.356 e. The highest BCUT2D eigenvalue weighted by molar-refractivity contribution is 6.13. The Bertz CT molecular complexity index is 1130. The van der Waals surface area contributed by atoms with Gasteiger partial charge in [0, 0.05) is 24.7 Å². The lowest BCUT2D eigenvalue weighted by Gasteiger charge is -2.32. The summed E-state index contributed by atoms with van der Waals surface area (Å²) in [5.41, 5.74) is 3.01. The van der Waals surface area contributed by atoms with Gasteiger partial charge in [-0.25, -0.2) is 14.4 Å². The molecule has 152 valence electrons. The number of anilines is 2. The summed E-state index contributed by atoms with van der Waals surface area (Å²) in [6.45, 7) is 5.99. The number of amidine groups is 1. The van der Waals surface area contributed by atoms with Crippen LogP contribution in [0.3, 0.4) is 0 Å². The fourth-order valence-electron chi connectivity index (χ4n) is 4.13. The molecule has 0 bridgehead atoms. The van der Waals surface area contributed by atoms with Crippen LogP contribution < -0.4 is 10.2 Å². The van der Waals surface area contributed by atoms with E-state index in [0.717, 1.165) is 37.0 Å². The van der Waals surface area contributed by atoms with Crippen LogP contribution in [0.2, 0.25) is 0 Å². The number of piperidine rings is 1. The van der Waals surface area contributed by atoms with Gasteiger partial charge in [0.2, 0.25) is 0 Å². The molecule has 30 heavy (non-hydrogen) atoms. The van der Waals surface area contributed by atoms with Gasteiger partial charge in [-0.1, -0.05) is 13.0 Å². The van der Waals surface area contributed by atoms with Gasteiger partial charge in [-0.05, 0) is 37.8 Å². The number of hydrogen-bond donors (Lipinski definition) is 2. The highest BCUT2D eigenvalue weighted by atomic mass is 19.1. The number of nitrogens with one attached hydrogen (secondary N) is 2. The summed E-state index contributed by atoms with van der Waals surface area (Å²) in [7, 11) is 0. The van der Waals surface area contributed by atoms with Crippen molar-refractivity contribution in [3.63, 3.8) is 0 Å². The van der Waals surface area contributed by atoms with Crippen molar-refractivity contribution in [1.82, 2.24) is 15.2 Å². The minimum absolute atomic E-state index is 0.0425. The molecule has 2 aliphatic heterocycles. The van der Waals surface area contributed by atoms with E-state index in [0.29, 0.717) is 28.7 Å². The molecule has 1 atom stereocenters. The average Bonchev–Trinajstić information content (AvgIpc) is 3.11. The second kappa shape index (κ2) is 7.10. The van der Waals surface area contributed by atoms with Gasteiger partial charge in [-0.3, -0.25) is 5.10 Å². The van der Waals surface area contributed by atoms with E-state index < -0.39 is 11.6 Å². The summed E-state index contributed by atoms with van der Waals surface area (Å²) < 4.78 is 28.8. The van der Waals surface area contributed by atoms with Gasteiger partial charge in [0.25, 0.3) is 0 Å². The van der Waals surface area contributed by atoms with E-state index in [1.807, 2.05) is 13.0 Å². The second-order valence-corrected chi connectivity index (χ2v) is 7.85. The van der Waals surface area contributed by atoms with Gasteiger partial charge >= 0.3 is 0 Å². The summed E-state index contributed by atoms with van der Waals surface area (Å²) in [5.74, 6) is -0.113. The quantitative estimate of drug-likeness (QED) is 0.662. The van der Waals surface area contributed by atoms with Crippen LogP contribution in [0.25, 0.3) is 11.3 Å². The first kappa shape index (κ1) is 18.6. The Morgan fingerprint density at radius 3 is 2.97 bits per heavy atom. The highest BCUT2D eigenvalue weighted by Gasteiger charge is 2.26. The number of aromatic nitrogens is 3. The molecular formula is C22H20F2N6. The normalized spacial score (nSPS) is 17.9. The highest BCUT2D eigenvalue weighted by Crippen LogP contribution is 2.41. The van der Waals surface area contributed by atoms with Crippen LogP contribution >= 0.6 is 0 Å². The third-order valence-electron chi connectivity index (χ3n) is 5.60. The van der Waals surface area contributed by atoms with Crippen molar-refractivity contribution in [1.29, 1.82) is 0 Å². The van der Waals surface area contributed by atoms with Gasteiger partial charge in [0.05, 0.1) is 34.5 Å². The first-order chi connectivity index (χ1) is 14.5. The van der Waals surface area contributed by atoms with Crippen molar-refractivity contribution in [3.8, 4) is 11.3 Å². The Morgan fingerprint density at radius 1 is 1.30 bits per heavy atom. The maximum Gasteiger partial charge on any atom is 0.187 e. The molecule has 0 aliphatic carbocycles. The lowest BCUT2D eigenvalue weighted by atomic mass is 10.00. The van der Waals surface area contributed by atoms with Crippen LogP contribution in [0.5, 0.6) is 0 Å². The molecule has 5 rings (SSSR count). The number of aryl methyl sites for hydroxylation is 1. The predicted octanol–water partition coefficient (Wildman–Crippen LogP) is 4.40. The number of nitrogens with zero attached hydrogens (tertiary/aromatic N) is 4. The molecular weight excluding hydrogens is 386 g/mol. The van der Waals surface area contributed by atoms with Gasteiger partial charge in [-0.2, -0.15) is 9.49 Å². The number of pyridine rings is 1. The lowest BCUT2D eigenvalue weighted by Crippen LogP contribution is -2.34. The average molecular weight is 406 g/mol. The molecule has 1 fully saturated rings. The number of aliphatic imine (C=N–C) groups is 1. The Kier molecular flexibility index (Phi) is 4.39. The van der Waals surface area contributed by atoms with Crippen LogP contribution in [0.1, 0.15) is 31.0 Å². The molecule has 2 N–H and O–H groups in total. The Hall–Kier alpha value is -3.47. The van der Waals surface area contributed by atoms with Crippen LogP contribution in [-0.4, -0.2) is 34.1 Å². The Morgan fingerprint density at radius 2 is 2.17 bits per heavy atom. The number of H-pyrrole nitrogens is 1. The monoisotopic (exact) mass is 406 g/mol. The minimum Gasteiger partial charge on any atom is -0.356 e. The smallest absolute Gasteiger partial charge is 0.187 e. The molecule has 1 aromatic carbocycles. The summed E-state index contributed by atoms with van der Waals surface area (Å²) in [4.78, 5) is 11.6. The molecule has 0 radical (unpaired) electrons. The summed E-state index contributed by atoms with van der Waals surface area (Å²) >= 11 is 0. The van der Waals surface area contributed by atoms with Crippen molar-refractivity contribution >= 4 is 23.0 Å². The Balaban J connectivity index is 1.69. The zero-order valence-corrected chi connectivity index (χ0v) is 16.7. The van der Waals surface area contributed by atoms with Gasteiger partial charge in [0.15, 0.2) is 5.82 Å². The summed E-state index contributed by atoms with van der Waals surface area (Å²) in [6.07, 6.45) is 3.91. The number of halogens is 2. The topological polar surface area (TPSA) is 69.2 Å².